The fourth-order valence-corrected chi connectivity index (χ4v) is 2.13. The summed E-state index contributed by atoms with van der Waals surface area (Å²) < 4.78 is 9.95. The molecule has 0 atom stereocenters. The highest BCUT2D eigenvalue weighted by molar-refractivity contribution is 6.01. The number of benzene rings is 2. The number of hydrogen-bond donors (Lipinski definition) is 1. The molecule has 0 unspecified atom stereocenters. The second kappa shape index (κ2) is 6.96. The van der Waals surface area contributed by atoms with Crippen LogP contribution in [0, 0.1) is 13.8 Å². The molecule has 0 spiro atoms. The normalized spacial score (nSPS) is 10.2. The summed E-state index contributed by atoms with van der Waals surface area (Å²) in [6, 6.07) is 9.74. The Labute approximate surface area is 134 Å². The summed E-state index contributed by atoms with van der Waals surface area (Å²) >= 11 is 0. The number of Topliss-reactive ketones (excluding diaryl/α,β-unsaturated/α-hetero) is 1. The van der Waals surface area contributed by atoms with Gasteiger partial charge in [-0.3, -0.25) is 4.79 Å². The van der Waals surface area contributed by atoms with Crippen LogP contribution in [0.5, 0.6) is 11.5 Å². The largest absolute Gasteiger partial charge is 0.507 e. The fourth-order valence-electron chi connectivity index (χ4n) is 2.13. The van der Waals surface area contributed by atoms with Crippen molar-refractivity contribution in [3.8, 4) is 11.5 Å². The van der Waals surface area contributed by atoms with Crippen molar-refractivity contribution in [2.75, 3.05) is 13.7 Å². The van der Waals surface area contributed by atoms with E-state index in [1.165, 1.54) is 25.3 Å². The van der Waals surface area contributed by atoms with Crippen molar-refractivity contribution in [1.82, 2.24) is 0 Å². The number of ether oxygens (including phenoxy) is 2. The second-order valence-corrected chi connectivity index (χ2v) is 5.20. The summed E-state index contributed by atoms with van der Waals surface area (Å²) in [7, 11) is 1.45. The van der Waals surface area contributed by atoms with Crippen molar-refractivity contribution >= 4 is 11.8 Å². The van der Waals surface area contributed by atoms with Gasteiger partial charge >= 0.3 is 5.97 Å². The Morgan fingerprint density at radius 3 is 2.43 bits per heavy atom. The lowest BCUT2D eigenvalue weighted by Gasteiger charge is -2.09. The molecule has 1 N–H and O–H groups in total. The van der Waals surface area contributed by atoms with Crippen LogP contribution in [-0.4, -0.2) is 30.6 Å². The van der Waals surface area contributed by atoms with Gasteiger partial charge in [0.2, 0.25) is 5.78 Å². The molecule has 0 saturated heterocycles. The minimum absolute atomic E-state index is 0.0143. The van der Waals surface area contributed by atoms with Crippen LogP contribution in [0.1, 0.15) is 31.8 Å². The summed E-state index contributed by atoms with van der Waals surface area (Å²) in [6.45, 7) is 3.33. The molecule has 5 heteroatoms. The third-order valence-electron chi connectivity index (χ3n) is 3.45. The Kier molecular flexibility index (Phi) is 5.01. The number of esters is 1. The van der Waals surface area contributed by atoms with Gasteiger partial charge in [0.05, 0.1) is 7.11 Å². The molecule has 2 aromatic carbocycles. The summed E-state index contributed by atoms with van der Waals surface area (Å²) in [5.41, 5.74) is 2.29. The summed E-state index contributed by atoms with van der Waals surface area (Å²) in [4.78, 5) is 24.2. The number of carbonyl (C=O) groups is 2. The van der Waals surface area contributed by atoms with Crippen molar-refractivity contribution in [1.29, 1.82) is 0 Å². The average molecular weight is 314 g/mol. The maximum Gasteiger partial charge on any atom is 0.342 e. The van der Waals surface area contributed by atoms with Gasteiger partial charge in [-0.15, -0.1) is 0 Å². The van der Waals surface area contributed by atoms with Gasteiger partial charge in [-0.2, -0.15) is 0 Å². The molecule has 0 heterocycles. The Hall–Kier alpha value is -2.82. The van der Waals surface area contributed by atoms with E-state index in [-0.39, 0.29) is 23.7 Å². The van der Waals surface area contributed by atoms with Crippen LogP contribution in [-0.2, 0) is 4.74 Å². The van der Waals surface area contributed by atoms with Crippen LogP contribution in [0.25, 0.3) is 0 Å². The molecule has 0 radical (unpaired) electrons. The van der Waals surface area contributed by atoms with Gasteiger partial charge in [0.15, 0.2) is 6.61 Å². The van der Waals surface area contributed by atoms with Gasteiger partial charge in [0, 0.05) is 11.6 Å². The van der Waals surface area contributed by atoms with E-state index in [2.05, 4.69) is 0 Å². The third-order valence-corrected chi connectivity index (χ3v) is 3.45. The first kappa shape index (κ1) is 16.5. The molecule has 0 aliphatic carbocycles. The molecule has 0 aromatic heterocycles. The number of hydrogen-bond acceptors (Lipinski definition) is 5. The maximum atomic E-state index is 12.2. The van der Waals surface area contributed by atoms with Crippen LogP contribution in [0.3, 0.4) is 0 Å². The lowest BCUT2D eigenvalue weighted by atomic mass is 10.0. The molecule has 120 valence electrons. The van der Waals surface area contributed by atoms with E-state index in [0.717, 1.165) is 11.1 Å². The molecule has 0 fully saturated rings. The molecule has 2 rings (SSSR count). The zero-order valence-electron chi connectivity index (χ0n) is 13.3. The van der Waals surface area contributed by atoms with Crippen LogP contribution >= 0.6 is 0 Å². The van der Waals surface area contributed by atoms with Crippen LogP contribution in [0.4, 0.5) is 0 Å². The van der Waals surface area contributed by atoms with E-state index in [0.29, 0.717) is 11.3 Å². The van der Waals surface area contributed by atoms with Gasteiger partial charge in [-0.25, -0.2) is 4.79 Å². The van der Waals surface area contributed by atoms with Crippen molar-refractivity contribution in [2.24, 2.45) is 0 Å². The standard InChI is InChI=1S/C18H18O5/c1-11-4-5-12(2)15(8-11)17(20)10-23-18(21)14-7-6-13(22-3)9-16(14)19/h4-9,19H,10H2,1-3H3. The zero-order valence-corrected chi connectivity index (χ0v) is 13.3. The zero-order chi connectivity index (χ0) is 17.0. The van der Waals surface area contributed by atoms with Crippen LogP contribution < -0.4 is 4.74 Å². The smallest absolute Gasteiger partial charge is 0.342 e. The van der Waals surface area contributed by atoms with E-state index in [1.807, 2.05) is 26.0 Å². The molecular weight excluding hydrogens is 296 g/mol. The van der Waals surface area contributed by atoms with E-state index in [1.54, 1.807) is 6.07 Å². The quantitative estimate of drug-likeness (QED) is 0.678. The molecule has 0 aliphatic heterocycles. The van der Waals surface area contributed by atoms with Gasteiger partial charge in [0.1, 0.15) is 17.1 Å². The van der Waals surface area contributed by atoms with Crippen molar-refractivity contribution in [3.05, 3.63) is 58.7 Å². The molecule has 5 nitrogen and oxygen atoms in total. The SMILES string of the molecule is COc1ccc(C(=O)OCC(=O)c2cc(C)ccc2C)c(O)c1. The summed E-state index contributed by atoms with van der Waals surface area (Å²) in [6.07, 6.45) is 0. The molecule has 2 aromatic rings. The van der Waals surface area contributed by atoms with Crippen LogP contribution in [0.15, 0.2) is 36.4 Å². The third kappa shape index (κ3) is 3.88. The summed E-state index contributed by atoms with van der Waals surface area (Å²) in [5, 5.41) is 9.79. The second-order valence-electron chi connectivity index (χ2n) is 5.20. The van der Waals surface area contributed by atoms with Gasteiger partial charge in [-0.1, -0.05) is 17.7 Å². The molecule has 0 amide bonds. The molecule has 0 saturated carbocycles. The Bertz CT molecular complexity index is 749. The number of ketones is 1. The van der Waals surface area contributed by atoms with Crippen molar-refractivity contribution < 1.29 is 24.2 Å². The van der Waals surface area contributed by atoms with Crippen molar-refractivity contribution in [2.45, 2.75) is 13.8 Å². The monoisotopic (exact) mass is 314 g/mol. The first-order chi connectivity index (χ1) is 10.9. The topological polar surface area (TPSA) is 72.8 Å². The number of phenolic OH excluding ortho intramolecular Hbond substituents is 1. The Balaban J connectivity index is 2.07. The number of aryl methyl sites for hydroxylation is 2. The molecule has 0 aliphatic rings. The van der Waals surface area contributed by atoms with Crippen LogP contribution in [0.2, 0.25) is 0 Å². The Morgan fingerprint density at radius 2 is 1.78 bits per heavy atom. The number of methoxy groups -OCH3 is 1. The van der Waals surface area contributed by atoms with Gasteiger partial charge < -0.3 is 14.6 Å². The predicted octanol–water partition coefficient (Wildman–Crippen LogP) is 3.06. The number of rotatable bonds is 5. The highest BCUT2D eigenvalue weighted by Gasteiger charge is 2.17. The van der Waals surface area contributed by atoms with E-state index >= 15 is 0 Å². The molecular formula is C18H18O5. The molecule has 0 bridgehead atoms. The maximum absolute atomic E-state index is 12.2. The minimum atomic E-state index is -0.760. The summed E-state index contributed by atoms with van der Waals surface area (Å²) in [5.74, 6) is -0.879. The lowest BCUT2D eigenvalue weighted by molar-refractivity contribution is 0.0471. The van der Waals surface area contributed by atoms with Crippen molar-refractivity contribution in [3.63, 3.8) is 0 Å². The fraction of sp³-hybridized carbons (Fsp3) is 0.222. The predicted molar refractivity (Wildman–Crippen MR) is 85.2 cm³/mol. The average Bonchev–Trinajstić information content (AvgIpc) is 2.54. The molecule has 23 heavy (non-hydrogen) atoms. The van der Waals surface area contributed by atoms with Gasteiger partial charge in [0.25, 0.3) is 0 Å². The number of aromatic hydroxyl groups is 1. The van der Waals surface area contributed by atoms with Gasteiger partial charge in [-0.05, 0) is 37.6 Å². The highest BCUT2D eigenvalue weighted by atomic mass is 16.5. The first-order valence-corrected chi connectivity index (χ1v) is 7.07. The number of carbonyl (C=O) groups excluding carboxylic acids is 2. The first-order valence-electron chi connectivity index (χ1n) is 7.07. The lowest BCUT2D eigenvalue weighted by Crippen LogP contribution is -2.15. The van der Waals surface area contributed by atoms with E-state index in [9.17, 15) is 14.7 Å². The minimum Gasteiger partial charge on any atom is -0.507 e. The van der Waals surface area contributed by atoms with E-state index in [4.69, 9.17) is 9.47 Å². The Morgan fingerprint density at radius 1 is 1.04 bits per heavy atom. The van der Waals surface area contributed by atoms with E-state index < -0.39 is 5.97 Å². The highest BCUT2D eigenvalue weighted by Crippen LogP contribution is 2.24. The number of phenols is 1.